The Morgan fingerprint density at radius 3 is 2.95 bits per heavy atom. The molecule has 2 heterocycles. The Balaban J connectivity index is 1.83. The van der Waals surface area contributed by atoms with Crippen molar-refractivity contribution in [3.63, 3.8) is 0 Å². The van der Waals surface area contributed by atoms with E-state index in [4.69, 9.17) is 10.5 Å². The normalized spacial score (nSPS) is 22.3. The van der Waals surface area contributed by atoms with Crippen molar-refractivity contribution in [2.45, 2.75) is 36.9 Å². The van der Waals surface area contributed by atoms with Gasteiger partial charge in [0.1, 0.15) is 5.65 Å². The Kier molecular flexibility index (Phi) is 3.60. The van der Waals surface area contributed by atoms with Crippen molar-refractivity contribution in [2.75, 3.05) is 12.3 Å². The zero-order chi connectivity index (χ0) is 15.0. The molecule has 2 aromatic heterocycles. The quantitative estimate of drug-likeness (QED) is 0.849. The Hall–Kier alpha value is -1.64. The molecule has 0 spiro atoms. The first-order chi connectivity index (χ1) is 10.0. The van der Waals surface area contributed by atoms with E-state index in [0.717, 1.165) is 0 Å². The van der Waals surface area contributed by atoms with Crippen LogP contribution in [0.4, 0.5) is 5.82 Å². The molecule has 1 fully saturated rings. The van der Waals surface area contributed by atoms with Crippen molar-refractivity contribution >= 4 is 21.5 Å². The van der Waals surface area contributed by atoms with E-state index in [9.17, 15) is 8.42 Å². The molecule has 21 heavy (non-hydrogen) atoms. The highest BCUT2D eigenvalue weighted by molar-refractivity contribution is 7.89. The second-order valence-corrected chi connectivity index (χ2v) is 6.73. The summed E-state index contributed by atoms with van der Waals surface area (Å²) in [6.07, 6.45) is 3.15. The highest BCUT2D eigenvalue weighted by atomic mass is 32.2. The molecule has 114 valence electrons. The Bertz CT molecular complexity index is 750. The van der Waals surface area contributed by atoms with Crippen molar-refractivity contribution in [3.8, 4) is 0 Å². The van der Waals surface area contributed by atoms with Gasteiger partial charge in [0, 0.05) is 18.8 Å². The van der Waals surface area contributed by atoms with E-state index in [1.807, 2.05) is 6.92 Å². The van der Waals surface area contributed by atoms with Crippen LogP contribution in [0.5, 0.6) is 0 Å². The summed E-state index contributed by atoms with van der Waals surface area (Å²) in [5.41, 5.74) is 6.28. The molecule has 0 saturated heterocycles. The smallest absolute Gasteiger partial charge is 0.260 e. The molecule has 1 aliphatic carbocycles. The number of hydrogen-bond donors (Lipinski definition) is 2. The van der Waals surface area contributed by atoms with Crippen LogP contribution in [0.25, 0.3) is 5.65 Å². The monoisotopic (exact) mass is 310 g/mol. The lowest BCUT2D eigenvalue weighted by Gasteiger charge is -2.34. The fraction of sp³-hybridized carbons (Fsp3) is 0.462. The molecule has 0 atom stereocenters. The summed E-state index contributed by atoms with van der Waals surface area (Å²) in [4.78, 5) is 4.07. The van der Waals surface area contributed by atoms with E-state index in [2.05, 4.69) is 9.71 Å². The molecule has 0 amide bonds. The average Bonchev–Trinajstić information content (AvgIpc) is 2.72. The lowest BCUT2D eigenvalue weighted by molar-refractivity contribution is -0.00477. The third kappa shape index (κ3) is 2.61. The summed E-state index contributed by atoms with van der Waals surface area (Å²) in [6, 6.07) is 5.12. The highest BCUT2D eigenvalue weighted by Crippen LogP contribution is 2.26. The Morgan fingerprint density at radius 2 is 2.24 bits per heavy atom. The molecule has 0 radical (unpaired) electrons. The van der Waals surface area contributed by atoms with E-state index in [0.29, 0.717) is 25.1 Å². The van der Waals surface area contributed by atoms with Gasteiger partial charge in [0.05, 0.1) is 6.10 Å². The number of ether oxygens (including phenoxy) is 1. The lowest BCUT2D eigenvalue weighted by atomic mass is 9.90. The van der Waals surface area contributed by atoms with Gasteiger partial charge in [0.15, 0.2) is 10.8 Å². The van der Waals surface area contributed by atoms with Gasteiger partial charge in [-0.15, -0.1) is 0 Å². The van der Waals surface area contributed by atoms with Gasteiger partial charge in [-0.2, -0.15) is 0 Å². The predicted octanol–water partition coefficient (Wildman–Crippen LogP) is 0.762. The van der Waals surface area contributed by atoms with Crippen LogP contribution in [0.1, 0.15) is 19.8 Å². The number of nitrogens with one attached hydrogen (secondary N) is 1. The van der Waals surface area contributed by atoms with Crippen LogP contribution in [0.2, 0.25) is 0 Å². The maximum absolute atomic E-state index is 12.5. The van der Waals surface area contributed by atoms with Gasteiger partial charge in [0.2, 0.25) is 0 Å². The number of rotatable bonds is 5. The summed E-state index contributed by atoms with van der Waals surface area (Å²) in [5, 5.41) is -0.00189. The SMILES string of the molecule is CCOC1CC(NS(=O)(=O)c2c(N)nc3ccccn23)C1. The minimum absolute atomic E-state index is 0.00189. The number of anilines is 1. The average molecular weight is 310 g/mol. The molecule has 3 rings (SSSR count). The number of pyridine rings is 1. The van der Waals surface area contributed by atoms with E-state index in [1.54, 1.807) is 24.4 Å². The van der Waals surface area contributed by atoms with Crippen molar-refractivity contribution in [2.24, 2.45) is 0 Å². The summed E-state index contributed by atoms with van der Waals surface area (Å²) >= 11 is 0. The number of nitrogens with two attached hydrogens (primary N) is 1. The second-order valence-electron chi connectivity index (χ2n) is 5.10. The number of nitrogens with zero attached hydrogens (tertiary/aromatic N) is 2. The zero-order valence-electron chi connectivity index (χ0n) is 11.7. The number of fused-ring (bicyclic) bond motifs is 1. The number of aromatic nitrogens is 2. The van der Waals surface area contributed by atoms with Gasteiger partial charge in [0.25, 0.3) is 10.0 Å². The van der Waals surface area contributed by atoms with Gasteiger partial charge in [-0.3, -0.25) is 4.40 Å². The van der Waals surface area contributed by atoms with E-state index in [-0.39, 0.29) is 23.0 Å². The molecule has 2 aromatic rings. The van der Waals surface area contributed by atoms with Crippen LogP contribution >= 0.6 is 0 Å². The maximum atomic E-state index is 12.5. The molecule has 0 aromatic carbocycles. The summed E-state index contributed by atoms with van der Waals surface area (Å²) in [6.45, 7) is 2.57. The topological polar surface area (TPSA) is 98.7 Å². The van der Waals surface area contributed by atoms with Crippen LogP contribution in [0, 0.1) is 0 Å². The van der Waals surface area contributed by atoms with E-state index >= 15 is 0 Å². The van der Waals surface area contributed by atoms with Crippen LogP contribution in [0.3, 0.4) is 0 Å². The number of imidazole rings is 1. The molecule has 1 aliphatic rings. The van der Waals surface area contributed by atoms with Crippen LogP contribution in [0.15, 0.2) is 29.4 Å². The summed E-state index contributed by atoms with van der Waals surface area (Å²) in [7, 11) is -3.70. The molecular formula is C13H18N4O3S. The van der Waals surface area contributed by atoms with Gasteiger partial charge in [-0.05, 0) is 31.9 Å². The van der Waals surface area contributed by atoms with Crippen molar-refractivity contribution in [3.05, 3.63) is 24.4 Å². The first-order valence-electron chi connectivity index (χ1n) is 6.87. The Labute approximate surface area is 123 Å². The molecule has 7 nitrogen and oxygen atoms in total. The number of hydrogen-bond acceptors (Lipinski definition) is 5. The third-order valence-electron chi connectivity index (χ3n) is 3.58. The van der Waals surface area contributed by atoms with Crippen LogP contribution in [-0.2, 0) is 14.8 Å². The summed E-state index contributed by atoms with van der Waals surface area (Å²) in [5.74, 6) is 0.00869. The summed E-state index contributed by atoms with van der Waals surface area (Å²) < 4.78 is 34.6. The van der Waals surface area contributed by atoms with Gasteiger partial charge in [-0.25, -0.2) is 18.1 Å². The third-order valence-corrected chi connectivity index (χ3v) is 5.14. The molecule has 8 heteroatoms. The van der Waals surface area contributed by atoms with Crippen molar-refractivity contribution in [1.82, 2.24) is 14.1 Å². The van der Waals surface area contributed by atoms with E-state index < -0.39 is 10.0 Å². The first kappa shape index (κ1) is 14.3. The minimum Gasteiger partial charge on any atom is -0.381 e. The highest BCUT2D eigenvalue weighted by Gasteiger charge is 2.35. The first-order valence-corrected chi connectivity index (χ1v) is 8.36. The Morgan fingerprint density at radius 1 is 1.48 bits per heavy atom. The van der Waals surface area contributed by atoms with E-state index in [1.165, 1.54) is 4.40 Å². The molecule has 0 aliphatic heterocycles. The molecule has 0 bridgehead atoms. The van der Waals surface area contributed by atoms with Crippen LogP contribution < -0.4 is 10.5 Å². The number of sulfonamides is 1. The molecular weight excluding hydrogens is 292 g/mol. The second kappa shape index (κ2) is 5.28. The molecule has 3 N–H and O–H groups in total. The molecule has 1 saturated carbocycles. The molecule has 0 unspecified atom stereocenters. The maximum Gasteiger partial charge on any atom is 0.260 e. The van der Waals surface area contributed by atoms with Gasteiger partial charge < -0.3 is 10.5 Å². The van der Waals surface area contributed by atoms with Crippen molar-refractivity contribution < 1.29 is 13.2 Å². The fourth-order valence-corrected chi connectivity index (χ4v) is 4.04. The predicted molar refractivity (Wildman–Crippen MR) is 78.4 cm³/mol. The van der Waals surface area contributed by atoms with Gasteiger partial charge >= 0.3 is 0 Å². The standard InChI is InChI=1S/C13H18N4O3S/c1-2-20-10-7-9(8-10)16-21(18,19)13-12(14)15-11-5-3-4-6-17(11)13/h3-6,9-10,16H,2,7-8,14H2,1H3. The lowest BCUT2D eigenvalue weighted by Crippen LogP contribution is -2.48. The number of nitrogen functional groups attached to an aromatic ring is 1. The van der Waals surface area contributed by atoms with Crippen LogP contribution in [-0.4, -0.2) is 36.6 Å². The zero-order valence-corrected chi connectivity index (χ0v) is 12.5. The minimum atomic E-state index is -3.70. The van der Waals surface area contributed by atoms with Gasteiger partial charge in [-0.1, -0.05) is 6.07 Å². The largest absolute Gasteiger partial charge is 0.381 e. The van der Waals surface area contributed by atoms with Crippen molar-refractivity contribution in [1.29, 1.82) is 0 Å². The fourth-order valence-electron chi connectivity index (χ4n) is 2.57.